The largest absolute Gasteiger partial charge is 0.493 e. The number of piperazine rings is 1. The van der Waals surface area contributed by atoms with Gasteiger partial charge in [0, 0.05) is 45.8 Å². The molecule has 164 valence electrons. The van der Waals surface area contributed by atoms with E-state index < -0.39 is 6.10 Å². The molecule has 0 aliphatic carbocycles. The summed E-state index contributed by atoms with van der Waals surface area (Å²) in [6, 6.07) is 16.3. The Morgan fingerprint density at radius 3 is 2.43 bits per heavy atom. The van der Waals surface area contributed by atoms with E-state index in [1.54, 1.807) is 7.11 Å². The van der Waals surface area contributed by atoms with Crippen LogP contribution in [0, 0.1) is 0 Å². The van der Waals surface area contributed by atoms with E-state index in [1.807, 2.05) is 37.4 Å². The van der Waals surface area contributed by atoms with Crippen LogP contribution >= 0.6 is 0 Å². The molecule has 0 radical (unpaired) electrons. The van der Waals surface area contributed by atoms with Crippen LogP contribution in [0.25, 0.3) is 0 Å². The Labute approximate surface area is 180 Å². The molecule has 6 heteroatoms. The summed E-state index contributed by atoms with van der Waals surface area (Å²) in [7, 11) is 5.82. The van der Waals surface area contributed by atoms with Crippen LogP contribution in [0.4, 0.5) is 0 Å². The quantitative estimate of drug-likeness (QED) is 0.645. The lowest BCUT2D eigenvalue weighted by Crippen LogP contribution is -2.43. The third-order valence-corrected chi connectivity index (χ3v) is 5.48. The van der Waals surface area contributed by atoms with E-state index in [9.17, 15) is 5.11 Å². The van der Waals surface area contributed by atoms with Gasteiger partial charge in [-0.15, -0.1) is 0 Å². The number of rotatable bonds is 10. The van der Waals surface area contributed by atoms with Gasteiger partial charge in [0.25, 0.3) is 0 Å². The van der Waals surface area contributed by atoms with Crippen LogP contribution in [-0.4, -0.2) is 86.4 Å². The van der Waals surface area contributed by atoms with E-state index in [0.29, 0.717) is 18.0 Å². The van der Waals surface area contributed by atoms with E-state index in [1.165, 1.54) is 11.1 Å². The highest BCUT2D eigenvalue weighted by molar-refractivity contribution is 5.43. The first-order valence-corrected chi connectivity index (χ1v) is 10.6. The fourth-order valence-corrected chi connectivity index (χ4v) is 3.75. The van der Waals surface area contributed by atoms with Gasteiger partial charge in [-0.1, -0.05) is 36.4 Å². The predicted octanol–water partition coefficient (Wildman–Crippen LogP) is 2.31. The second kappa shape index (κ2) is 11.3. The molecule has 1 heterocycles. The van der Waals surface area contributed by atoms with Crippen molar-refractivity contribution in [3.8, 4) is 11.5 Å². The SMILES string of the molecule is COc1ccc(CN2CCN(C)CC2)cc1OCC(O)CN(C)Cc1ccccc1. The van der Waals surface area contributed by atoms with Crippen LogP contribution in [0.2, 0.25) is 0 Å². The van der Waals surface area contributed by atoms with Crippen molar-refractivity contribution in [1.82, 2.24) is 14.7 Å². The topological polar surface area (TPSA) is 48.4 Å². The van der Waals surface area contributed by atoms with Gasteiger partial charge >= 0.3 is 0 Å². The summed E-state index contributed by atoms with van der Waals surface area (Å²) in [5.74, 6) is 1.39. The Kier molecular flexibility index (Phi) is 8.51. The summed E-state index contributed by atoms with van der Waals surface area (Å²) in [5, 5.41) is 10.5. The number of nitrogens with zero attached hydrogens (tertiary/aromatic N) is 3. The Bertz CT molecular complexity index is 764. The molecule has 1 unspecified atom stereocenters. The highest BCUT2D eigenvalue weighted by atomic mass is 16.5. The van der Waals surface area contributed by atoms with E-state index in [-0.39, 0.29) is 6.61 Å². The van der Waals surface area contributed by atoms with Crippen LogP contribution in [0.1, 0.15) is 11.1 Å². The normalized spacial score (nSPS) is 16.6. The molecule has 0 saturated carbocycles. The highest BCUT2D eigenvalue weighted by Crippen LogP contribution is 2.29. The lowest BCUT2D eigenvalue weighted by molar-refractivity contribution is 0.0732. The van der Waals surface area contributed by atoms with Gasteiger partial charge in [0.05, 0.1) is 7.11 Å². The molecular formula is C24H35N3O3. The van der Waals surface area contributed by atoms with Gasteiger partial charge in [-0.3, -0.25) is 9.80 Å². The molecule has 0 bridgehead atoms. The summed E-state index contributed by atoms with van der Waals surface area (Å²) < 4.78 is 11.4. The standard InChI is InChI=1S/C24H35N3O3/c1-25-11-13-27(14-12-25)17-21-9-10-23(29-3)24(15-21)30-19-22(28)18-26(2)16-20-7-5-4-6-8-20/h4-10,15,22,28H,11-14,16-19H2,1-3H3. The first-order valence-electron chi connectivity index (χ1n) is 10.6. The molecule has 0 aromatic heterocycles. The number of benzene rings is 2. The minimum atomic E-state index is -0.579. The van der Waals surface area contributed by atoms with Crippen molar-refractivity contribution in [2.75, 3.05) is 60.5 Å². The average Bonchev–Trinajstić information content (AvgIpc) is 2.74. The number of hydrogen-bond acceptors (Lipinski definition) is 6. The summed E-state index contributed by atoms with van der Waals surface area (Å²) in [4.78, 5) is 6.92. The highest BCUT2D eigenvalue weighted by Gasteiger charge is 2.16. The molecule has 1 aliphatic rings. The predicted molar refractivity (Wildman–Crippen MR) is 120 cm³/mol. The van der Waals surface area contributed by atoms with E-state index in [0.717, 1.165) is 39.3 Å². The van der Waals surface area contributed by atoms with E-state index in [2.05, 4.69) is 39.9 Å². The molecule has 1 aliphatic heterocycles. The zero-order chi connectivity index (χ0) is 21.3. The number of aliphatic hydroxyl groups excluding tert-OH is 1. The van der Waals surface area contributed by atoms with Crippen molar-refractivity contribution in [2.45, 2.75) is 19.2 Å². The minimum absolute atomic E-state index is 0.230. The Morgan fingerprint density at radius 1 is 1.00 bits per heavy atom. The average molecular weight is 414 g/mol. The van der Waals surface area contributed by atoms with E-state index >= 15 is 0 Å². The zero-order valence-electron chi connectivity index (χ0n) is 18.5. The first-order chi connectivity index (χ1) is 14.5. The van der Waals surface area contributed by atoms with Crippen molar-refractivity contribution in [2.24, 2.45) is 0 Å². The number of likely N-dealkylation sites (N-methyl/N-ethyl adjacent to an activating group) is 2. The maximum atomic E-state index is 10.5. The Morgan fingerprint density at radius 2 is 1.73 bits per heavy atom. The molecular weight excluding hydrogens is 378 g/mol. The van der Waals surface area contributed by atoms with Crippen LogP contribution < -0.4 is 9.47 Å². The molecule has 0 spiro atoms. The number of methoxy groups -OCH3 is 1. The van der Waals surface area contributed by atoms with Gasteiger partial charge in [0.15, 0.2) is 11.5 Å². The number of aliphatic hydroxyl groups is 1. The lowest BCUT2D eigenvalue weighted by atomic mass is 10.1. The Hall–Kier alpha value is -2.12. The van der Waals surface area contributed by atoms with Gasteiger partial charge in [-0.25, -0.2) is 0 Å². The molecule has 1 N–H and O–H groups in total. The van der Waals surface area contributed by atoms with Crippen LogP contribution in [0.15, 0.2) is 48.5 Å². The summed E-state index contributed by atoms with van der Waals surface area (Å²) in [6.45, 7) is 6.81. The monoisotopic (exact) mass is 413 g/mol. The summed E-state index contributed by atoms with van der Waals surface area (Å²) >= 11 is 0. The molecule has 30 heavy (non-hydrogen) atoms. The molecule has 2 aromatic rings. The van der Waals surface area contributed by atoms with Gasteiger partial charge in [0.1, 0.15) is 12.7 Å². The second-order valence-corrected chi connectivity index (χ2v) is 8.21. The molecule has 6 nitrogen and oxygen atoms in total. The number of ether oxygens (including phenoxy) is 2. The third-order valence-electron chi connectivity index (χ3n) is 5.48. The smallest absolute Gasteiger partial charge is 0.161 e. The Balaban J connectivity index is 1.51. The third kappa shape index (κ3) is 6.99. The molecule has 2 aromatic carbocycles. The molecule has 0 amide bonds. The fourth-order valence-electron chi connectivity index (χ4n) is 3.75. The van der Waals surface area contributed by atoms with Crippen LogP contribution in [0.3, 0.4) is 0 Å². The van der Waals surface area contributed by atoms with Crippen LogP contribution in [-0.2, 0) is 13.1 Å². The minimum Gasteiger partial charge on any atom is -0.493 e. The molecule has 1 fully saturated rings. The van der Waals surface area contributed by atoms with Crippen molar-refractivity contribution in [3.63, 3.8) is 0 Å². The zero-order valence-corrected chi connectivity index (χ0v) is 18.5. The number of hydrogen-bond donors (Lipinski definition) is 1. The van der Waals surface area contributed by atoms with Gasteiger partial charge in [0.2, 0.25) is 0 Å². The lowest BCUT2D eigenvalue weighted by Gasteiger charge is -2.32. The summed E-state index contributed by atoms with van der Waals surface area (Å²) in [6.07, 6.45) is -0.579. The first kappa shape index (κ1) is 22.6. The summed E-state index contributed by atoms with van der Waals surface area (Å²) in [5.41, 5.74) is 2.43. The van der Waals surface area contributed by atoms with Crippen LogP contribution in [0.5, 0.6) is 11.5 Å². The van der Waals surface area contributed by atoms with Crippen molar-refractivity contribution >= 4 is 0 Å². The molecule has 1 atom stereocenters. The van der Waals surface area contributed by atoms with Crippen molar-refractivity contribution in [3.05, 3.63) is 59.7 Å². The van der Waals surface area contributed by atoms with Gasteiger partial charge < -0.3 is 19.5 Å². The fraction of sp³-hybridized carbons (Fsp3) is 0.500. The van der Waals surface area contributed by atoms with Gasteiger partial charge in [-0.2, -0.15) is 0 Å². The molecule has 1 saturated heterocycles. The van der Waals surface area contributed by atoms with Crippen molar-refractivity contribution < 1.29 is 14.6 Å². The van der Waals surface area contributed by atoms with Crippen molar-refractivity contribution in [1.29, 1.82) is 0 Å². The maximum absolute atomic E-state index is 10.5. The van der Waals surface area contributed by atoms with Gasteiger partial charge in [-0.05, 0) is 37.4 Å². The van der Waals surface area contributed by atoms with E-state index in [4.69, 9.17) is 9.47 Å². The second-order valence-electron chi connectivity index (χ2n) is 8.21. The molecule has 3 rings (SSSR count). The maximum Gasteiger partial charge on any atom is 0.161 e.